The van der Waals surface area contributed by atoms with Crippen LogP contribution in [0, 0.1) is 11.6 Å². The first-order valence-electron chi connectivity index (χ1n) is 4.96. The molecule has 1 aromatic rings. The summed E-state index contributed by atoms with van der Waals surface area (Å²) in [5.41, 5.74) is 5.32. The molecule has 0 bridgehead atoms. The van der Waals surface area contributed by atoms with E-state index in [1.54, 1.807) is 0 Å². The van der Waals surface area contributed by atoms with Crippen molar-refractivity contribution in [2.24, 2.45) is 5.73 Å². The standard InChI is InChI=1S/C11H13F2NOS/c12-8-4-5-10(9(13)7-8)15-6-2-1-3-11(14)16/h4-5,7H,1-3,6H2,(H2,14,16). The van der Waals surface area contributed by atoms with Gasteiger partial charge in [0, 0.05) is 6.07 Å². The summed E-state index contributed by atoms with van der Waals surface area (Å²) in [7, 11) is 0. The first kappa shape index (κ1) is 12.8. The van der Waals surface area contributed by atoms with Crippen LogP contribution in [0.5, 0.6) is 5.75 Å². The van der Waals surface area contributed by atoms with Crippen LogP contribution in [0.4, 0.5) is 8.78 Å². The first-order valence-corrected chi connectivity index (χ1v) is 5.36. The van der Waals surface area contributed by atoms with E-state index >= 15 is 0 Å². The lowest BCUT2D eigenvalue weighted by Crippen LogP contribution is -2.08. The molecule has 16 heavy (non-hydrogen) atoms. The summed E-state index contributed by atoms with van der Waals surface area (Å²) >= 11 is 4.71. The highest BCUT2D eigenvalue weighted by Gasteiger charge is 2.04. The maximum absolute atomic E-state index is 13.1. The number of thiocarbonyl (C=S) groups is 1. The van der Waals surface area contributed by atoms with Crippen molar-refractivity contribution in [1.82, 2.24) is 0 Å². The minimum atomic E-state index is -0.686. The number of hydrogen-bond acceptors (Lipinski definition) is 2. The van der Waals surface area contributed by atoms with E-state index in [1.807, 2.05) is 0 Å². The third-order valence-electron chi connectivity index (χ3n) is 1.97. The Bertz CT molecular complexity index is 371. The van der Waals surface area contributed by atoms with Crippen LogP contribution < -0.4 is 10.5 Å². The molecule has 0 amide bonds. The second kappa shape index (κ2) is 6.37. The molecule has 0 saturated heterocycles. The summed E-state index contributed by atoms with van der Waals surface area (Å²) in [6, 6.07) is 3.23. The molecule has 0 fully saturated rings. The van der Waals surface area contributed by atoms with E-state index in [2.05, 4.69) is 0 Å². The van der Waals surface area contributed by atoms with Gasteiger partial charge >= 0.3 is 0 Å². The fourth-order valence-electron chi connectivity index (χ4n) is 1.18. The number of unbranched alkanes of at least 4 members (excludes halogenated alkanes) is 1. The maximum atomic E-state index is 13.1. The molecule has 2 nitrogen and oxygen atoms in total. The van der Waals surface area contributed by atoms with Gasteiger partial charge in [0.2, 0.25) is 0 Å². The van der Waals surface area contributed by atoms with E-state index < -0.39 is 11.6 Å². The lowest BCUT2D eigenvalue weighted by molar-refractivity contribution is 0.292. The molecule has 0 radical (unpaired) electrons. The average molecular weight is 245 g/mol. The van der Waals surface area contributed by atoms with Gasteiger partial charge in [-0.3, -0.25) is 0 Å². The molecular weight excluding hydrogens is 232 g/mol. The third kappa shape index (κ3) is 4.53. The minimum absolute atomic E-state index is 0.0664. The Hall–Kier alpha value is -1.23. The number of rotatable bonds is 6. The fourth-order valence-corrected chi connectivity index (χ4v) is 1.32. The lowest BCUT2D eigenvalue weighted by atomic mass is 10.2. The second-order valence-electron chi connectivity index (χ2n) is 3.35. The molecule has 0 aliphatic carbocycles. The van der Waals surface area contributed by atoms with Gasteiger partial charge in [-0.1, -0.05) is 12.2 Å². The number of benzene rings is 1. The summed E-state index contributed by atoms with van der Waals surface area (Å²) in [6.45, 7) is 0.366. The molecule has 2 N–H and O–H groups in total. The maximum Gasteiger partial charge on any atom is 0.167 e. The van der Waals surface area contributed by atoms with Crippen LogP contribution in [-0.4, -0.2) is 11.6 Å². The highest BCUT2D eigenvalue weighted by molar-refractivity contribution is 7.80. The van der Waals surface area contributed by atoms with Crippen molar-refractivity contribution in [2.45, 2.75) is 19.3 Å². The molecule has 1 aromatic carbocycles. The topological polar surface area (TPSA) is 35.2 Å². The number of ether oxygens (including phenoxy) is 1. The predicted molar refractivity (Wildman–Crippen MR) is 62.5 cm³/mol. The van der Waals surface area contributed by atoms with Gasteiger partial charge in [0.25, 0.3) is 0 Å². The van der Waals surface area contributed by atoms with Gasteiger partial charge in [-0.25, -0.2) is 8.78 Å². The molecule has 0 saturated carbocycles. The highest BCUT2D eigenvalue weighted by Crippen LogP contribution is 2.17. The number of hydrogen-bond donors (Lipinski definition) is 1. The molecule has 0 heterocycles. The van der Waals surface area contributed by atoms with Crippen molar-refractivity contribution in [2.75, 3.05) is 6.61 Å². The molecule has 5 heteroatoms. The second-order valence-corrected chi connectivity index (χ2v) is 3.87. The fraction of sp³-hybridized carbons (Fsp3) is 0.364. The van der Waals surface area contributed by atoms with Gasteiger partial charge in [0.15, 0.2) is 11.6 Å². The molecule has 0 atom stereocenters. The highest BCUT2D eigenvalue weighted by atomic mass is 32.1. The van der Waals surface area contributed by atoms with Crippen LogP contribution in [-0.2, 0) is 0 Å². The Kier molecular flexibility index (Phi) is 5.11. The molecular formula is C11H13F2NOS. The predicted octanol–water partition coefficient (Wildman–Crippen LogP) is 2.80. The number of nitrogens with two attached hydrogens (primary N) is 1. The van der Waals surface area contributed by atoms with Gasteiger partial charge in [-0.15, -0.1) is 0 Å². The van der Waals surface area contributed by atoms with E-state index in [0.717, 1.165) is 25.0 Å². The van der Waals surface area contributed by atoms with Gasteiger partial charge in [0.05, 0.1) is 11.6 Å². The Morgan fingerprint density at radius 2 is 2.06 bits per heavy atom. The monoisotopic (exact) mass is 245 g/mol. The van der Waals surface area contributed by atoms with Crippen LogP contribution >= 0.6 is 12.2 Å². The largest absolute Gasteiger partial charge is 0.491 e. The van der Waals surface area contributed by atoms with Gasteiger partial charge < -0.3 is 10.5 Å². The van der Waals surface area contributed by atoms with E-state index in [1.165, 1.54) is 6.07 Å². The van der Waals surface area contributed by atoms with Crippen molar-refractivity contribution in [3.63, 3.8) is 0 Å². The quantitative estimate of drug-likeness (QED) is 0.618. The van der Waals surface area contributed by atoms with E-state index in [4.69, 9.17) is 22.7 Å². The van der Waals surface area contributed by atoms with Crippen molar-refractivity contribution in [3.05, 3.63) is 29.8 Å². The number of halogens is 2. The first-order chi connectivity index (χ1) is 7.59. The zero-order chi connectivity index (χ0) is 12.0. The van der Waals surface area contributed by atoms with Crippen LogP contribution in [0.2, 0.25) is 0 Å². The zero-order valence-corrected chi connectivity index (χ0v) is 9.53. The minimum Gasteiger partial charge on any atom is -0.491 e. The Balaban J connectivity index is 2.29. The van der Waals surface area contributed by atoms with Crippen molar-refractivity contribution >= 4 is 17.2 Å². The van der Waals surface area contributed by atoms with E-state index in [0.29, 0.717) is 18.0 Å². The normalized spacial score (nSPS) is 10.1. The van der Waals surface area contributed by atoms with Crippen LogP contribution in [0.1, 0.15) is 19.3 Å². The SMILES string of the molecule is NC(=S)CCCCOc1ccc(F)cc1F. The smallest absolute Gasteiger partial charge is 0.167 e. The van der Waals surface area contributed by atoms with Gasteiger partial charge in [-0.05, 0) is 31.4 Å². The van der Waals surface area contributed by atoms with E-state index in [9.17, 15) is 8.78 Å². The van der Waals surface area contributed by atoms with E-state index in [-0.39, 0.29) is 5.75 Å². The Morgan fingerprint density at radius 1 is 1.31 bits per heavy atom. The molecule has 0 aliphatic heterocycles. The summed E-state index contributed by atoms with van der Waals surface area (Å²) < 4.78 is 30.8. The molecule has 0 spiro atoms. The molecule has 0 aliphatic rings. The summed E-state index contributed by atoms with van der Waals surface area (Å²) in [5.74, 6) is -1.23. The molecule has 88 valence electrons. The van der Waals surface area contributed by atoms with Crippen molar-refractivity contribution < 1.29 is 13.5 Å². The Labute approximate surface area is 98.4 Å². The molecule has 0 aromatic heterocycles. The molecule has 1 rings (SSSR count). The van der Waals surface area contributed by atoms with Crippen LogP contribution in [0.15, 0.2) is 18.2 Å². The van der Waals surface area contributed by atoms with Crippen LogP contribution in [0.3, 0.4) is 0 Å². The summed E-state index contributed by atoms with van der Waals surface area (Å²) in [6.07, 6.45) is 2.19. The molecule has 0 unspecified atom stereocenters. The van der Waals surface area contributed by atoms with Gasteiger partial charge in [-0.2, -0.15) is 0 Å². The van der Waals surface area contributed by atoms with Crippen LogP contribution in [0.25, 0.3) is 0 Å². The average Bonchev–Trinajstić information content (AvgIpc) is 2.20. The summed E-state index contributed by atoms with van der Waals surface area (Å²) in [5, 5.41) is 0. The third-order valence-corrected chi connectivity index (χ3v) is 2.17. The van der Waals surface area contributed by atoms with Crippen molar-refractivity contribution in [3.8, 4) is 5.75 Å². The zero-order valence-electron chi connectivity index (χ0n) is 8.71. The summed E-state index contributed by atoms with van der Waals surface area (Å²) in [4.78, 5) is 0.466. The van der Waals surface area contributed by atoms with Crippen molar-refractivity contribution in [1.29, 1.82) is 0 Å². The lowest BCUT2D eigenvalue weighted by Gasteiger charge is -2.06. The van der Waals surface area contributed by atoms with Gasteiger partial charge in [0.1, 0.15) is 5.82 Å². The Morgan fingerprint density at radius 3 is 2.69 bits per heavy atom.